The van der Waals surface area contributed by atoms with Crippen molar-refractivity contribution in [1.82, 2.24) is 4.90 Å². The van der Waals surface area contributed by atoms with Crippen molar-refractivity contribution >= 4 is 29.0 Å². The Morgan fingerprint density at radius 3 is 3.05 bits per heavy atom. The van der Waals surface area contributed by atoms with E-state index in [1.807, 2.05) is 36.9 Å². The maximum Gasteiger partial charge on any atom is 0.238 e. The predicted molar refractivity (Wildman–Crippen MR) is 87.2 cm³/mol. The van der Waals surface area contributed by atoms with Crippen molar-refractivity contribution in [3.63, 3.8) is 0 Å². The fraction of sp³-hybridized carbons (Fsp3) is 0.533. The summed E-state index contributed by atoms with van der Waals surface area (Å²) >= 11 is 2.01. The Morgan fingerprint density at radius 2 is 2.35 bits per heavy atom. The minimum atomic E-state index is 0.0211. The molecular formula is C15H23N3OS. The molecule has 5 heteroatoms. The number of rotatable bonds is 4. The summed E-state index contributed by atoms with van der Waals surface area (Å²) in [5.41, 5.74) is 8.28. The van der Waals surface area contributed by atoms with E-state index in [-0.39, 0.29) is 5.91 Å². The first-order valence-corrected chi connectivity index (χ1v) is 8.14. The van der Waals surface area contributed by atoms with Crippen molar-refractivity contribution in [1.29, 1.82) is 0 Å². The number of nitrogens with zero attached hydrogens (tertiary/aromatic N) is 1. The van der Waals surface area contributed by atoms with Crippen molar-refractivity contribution in [2.24, 2.45) is 0 Å². The van der Waals surface area contributed by atoms with Gasteiger partial charge in [-0.1, -0.05) is 19.1 Å². The fourth-order valence-electron chi connectivity index (χ4n) is 2.41. The molecule has 1 aliphatic rings. The van der Waals surface area contributed by atoms with E-state index in [2.05, 4.69) is 17.1 Å². The highest BCUT2D eigenvalue weighted by atomic mass is 32.2. The van der Waals surface area contributed by atoms with Gasteiger partial charge in [0, 0.05) is 24.1 Å². The van der Waals surface area contributed by atoms with Gasteiger partial charge < -0.3 is 11.1 Å². The number of carbonyl (C=O) groups excluding carboxylic acids is 1. The maximum absolute atomic E-state index is 12.2. The van der Waals surface area contributed by atoms with Gasteiger partial charge in [-0.25, -0.2) is 0 Å². The third-order valence-corrected chi connectivity index (χ3v) is 4.99. The lowest BCUT2D eigenvalue weighted by Gasteiger charge is -2.31. The number of nitrogens with one attached hydrogen (secondary N) is 1. The maximum atomic E-state index is 12.2. The zero-order chi connectivity index (χ0) is 14.5. The van der Waals surface area contributed by atoms with E-state index in [0.717, 1.165) is 36.5 Å². The number of hydrogen-bond acceptors (Lipinski definition) is 4. The number of nitrogens with two attached hydrogens (primary N) is 1. The zero-order valence-electron chi connectivity index (χ0n) is 12.2. The van der Waals surface area contributed by atoms with Crippen LogP contribution in [0.5, 0.6) is 0 Å². The number of anilines is 2. The van der Waals surface area contributed by atoms with Crippen molar-refractivity contribution in [3.05, 3.63) is 23.8 Å². The lowest BCUT2D eigenvalue weighted by atomic mass is 10.1. The van der Waals surface area contributed by atoms with Gasteiger partial charge in [-0.15, -0.1) is 0 Å². The monoisotopic (exact) mass is 293 g/mol. The van der Waals surface area contributed by atoms with Crippen LogP contribution in [0.2, 0.25) is 0 Å². The van der Waals surface area contributed by atoms with Crippen LogP contribution in [0, 0.1) is 6.92 Å². The van der Waals surface area contributed by atoms with E-state index in [4.69, 9.17) is 5.73 Å². The second-order valence-corrected chi connectivity index (χ2v) is 6.63. The van der Waals surface area contributed by atoms with Crippen molar-refractivity contribution < 1.29 is 4.79 Å². The van der Waals surface area contributed by atoms with Crippen LogP contribution in [-0.4, -0.2) is 41.4 Å². The van der Waals surface area contributed by atoms with Gasteiger partial charge in [-0.3, -0.25) is 9.69 Å². The molecule has 1 atom stereocenters. The molecule has 0 aromatic heterocycles. The molecule has 20 heavy (non-hydrogen) atoms. The summed E-state index contributed by atoms with van der Waals surface area (Å²) in [5.74, 6) is 1.13. The smallest absolute Gasteiger partial charge is 0.238 e. The van der Waals surface area contributed by atoms with Crippen molar-refractivity contribution in [3.8, 4) is 0 Å². The van der Waals surface area contributed by atoms with E-state index in [1.54, 1.807) is 0 Å². The summed E-state index contributed by atoms with van der Waals surface area (Å²) in [5, 5.41) is 3.60. The average Bonchev–Trinajstić information content (AvgIpc) is 2.43. The second-order valence-electron chi connectivity index (χ2n) is 5.22. The van der Waals surface area contributed by atoms with Crippen LogP contribution < -0.4 is 11.1 Å². The number of benzene rings is 1. The van der Waals surface area contributed by atoms with Gasteiger partial charge in [0.05, 0.1) is 17.9 Å². The van der Waals surface area contributed by atoms with Crippen LogP contribution in [-0.2, 0) is 4.79 Å². The Kier molecular flexibility index (Phi) is 5.31. The zero-order valence-corrected chi connectivity index (χ0v) is 13.0. The largest absolute Gasteiger partial charge is 0.397 e. The summed E-state index contributed by atoms with van der Waals surface area (Å²) in [7, 11) is 0. The van der Waals surface area contributed by atoms with E-state index in [1.165, 1.54) is 0 Å². The van der Waals surface area contributed by atoms with Crippen LogP contribution in [0.15, 0.2) is 18.2 Å². The molecule has 1 fully saturated rings. The van der Waals surface area contributed by atoms with Gasteiger partial charge in [0.25, 0.3) is 0 Å². The van der Waals surface area contributed by atoms with Gasteiger partial charge in [-0.05, 0) is 25.0 Å². The summed E-state index contributed by atoms with van der Waals surface area (Å²) in [6.07, 6.45) is 1.16. The van der Waals surface area contributed by atoms with E-state index >= 15 is 0 Å². The first kappa shape index (κ1) is 15.2. The Bertz CT molecular complexity index is 458. The van der Waals surface area contributed by atoms with Crippen molar-refractivity contribution in [2.75, 3.05) is 36.4 Å². The van der Waals surface area contributed by atoms with E-state index in [9.17, 15) is 4.79 Å². The molecule has 2 rings (SSSR count). The predicted octanol–water partition coefficient (Wildman–Crippen LogP) is 2.34. The molecule has 1 heterocycles. The molecular weight excluding hydrogens is 270 g/mol. The highest BCUT2D eigenvalue weighted by Crippen LogP contribution is 2.23. The molecule has 110 valence electrons. The molecule has 4 nitrogen and oxygen atoms in total. The number of hydrogen-bond donors (Lipinski definition) is 2. The fourth-order valence-corrected chi connectivity index (χ4v) is 3.66. The van der Waals surface area contributed by atoms with Gasteiger partial charge in [0.1, 0.15) is 0 Å². The number of aryl methyl sites for hydroxylation is 1. The highest BCUT2D eigenvalue weighted by Gasteiger charge is 2.21. The molecule has 1 amide bonds. The number of nitrogen functional groups attached to an aromatic ring is 1. The summed E-state index contributed by atoms with van der Waals surface area (Å²) in [4.78, 5) is 14.4. The molecule has 1 unspecified atom stereocenters. The molecule has 0 spiro atoms. The highest BCUT2D eigenvalue weighted by molar-refractivity contribution is 8.00. The molecule has 1 saturated heterocycles. The summed E-state index contributed by atoms with van der Waals surface area (Å²) in [6, 6.07) is 5.66. The van der Waals surface area contributed by atoms with Crippen LogP contribution in [0.1, 0.15) is 18.9 Å². The molecule has 0 saturated carbocycles. The molecule has 0 aliphatic carbocycles. The second kappa shape index (κ2) is 6.99. The van der Waals surface area contributed by atoms with Crippen LogP contribution in [0.3, 0.4) is 0 Å². The van der Waals surface area contributed by atoms with E-state index < -0.39 is 0 Å². The van der Waals surface area contributed by atoms with E-state index in [0.29, 0.717) is 17.5 Å². The Hall–Kier alpha value is -1.20. The van der Waals surface area contributed by atoms with Gasteiger partial charge in [0.15, 0.2) is 0 Å². The molecule has 1 aliphatic heterocycles. The molecule has 0 radical (unpaired) electrons. The standard InChI is InChI=1S/C15H23N3OS/c1-3-12-9-18(7-8-20-12)10-14(19)17-15-11(2)5-4-6-13(15)16/h4-6,12H,3,7-10,16H2,1-2H3,(H,17,19). The number of amides is 1. The van der Waals surface area contributed by atoms with Crippen molar-refractivity contribution in [2.45, 2.75) is 25.5 Å². The SMILES string of the molecule is CCC1CN(CC(=O)Nc2c(C)cccc2N)CCS1. The number of thioether (sulfide) groups is 1. The molecule has 1 aromatic rings. The lowest BCUT2D eigenvalue weighted by molar-refractivity contribution is -0.117. The third kappa shape index (κ3) is 3.90. The molecule has 3 N–H and O–H groups in total. The van der Waals surface area contributed by atoms with Gasteiger partial charge in [-0.2, -0.15) is 11.8 Å². The minimum Gasteiger partial charge on any atom is -0.397 e. The molecule has 1 aromatic carbocycles. The Balaban J connectivity index is 1.92. The Morgan fingerprint density at radius 1 is 1.55 bits per heavy atom. The summed E-state index contributed by atoms with van der Waals surface area (Å²) in [6.45, 7) is 6.59. The number of para-hydroxylation sites is 1. The van der Waals surface area contributed by atoms with Crippen LogP contribution in [0.25, 0.3) is 0 Å². The first-order chi connectivity index (χ1) is 9.60. The lowest BCUT2D eigenvalue weighted by Crippen LogP contribution is -2.42. The topological polar surface area (TPSA) is 58.4 Å². The average molecular weight is 293 g/mol. The van der Waals surface area contributed by atoms with Crippen LogP contribution in [0.4, 0.5) is 11.4 Å². The quantitative estimate of drug-likeness (QED) is 0.837. The third-order valence-electron chi connectivity index (χ3n) is 3.61. The Labute approximate surface area is 125 Å². The van der Waals surface area contributed by atoms with Gasteiger partial charge >= 0.3 is 0 Å². The van der Waals surface area contributed by atoms with Gasteiger partial charge in [0.2, 0.25) is 5.91 Å². The normalized spacial score (nSPS) is 19.8. The first-order valence-electron chi connectivity index (χ1n) is 7.09. The van der Waals surface area contributed by atoms with Crippen LogP contribution >= 0.6 is 11.8 Å². The molecule has 0 bridgehead atoms. The summed E-state index contributed by atoms with van der Waals surface area (Å²) < 4.78 is 0. The minimum absolute atomic E-state index is 0.0211. The number of carbonyl (C=O) groups is 1.